The lowest BCUT2D eigenvalue weighted by Gasteiger charge is -2.10. The van der Waals surface area contributed by atoms with Gasteiger partial charge in [0.05, 0.1) is 17.8 Å². The number of aromatic nitrogens is 3. The Morgan fingerprint density at radius 2 is 2.18 bits per heavy atom. The maximum Gasteiger partial charge on any atom is 0.177 e. The number of nitriles is 1. The Morgan fingerprint density at radius 3 is 3.05 bits per heavy atom. The van der Waals surface area contributed by atoms with Crippen molar-refractivity contribution in [3.8, 4) is 17.5 Å². The molecule has 4 rings (SSSR count). The van der Waals surface area contributed by atoms with Crippen LogP contribution < -0.4 is 5.32 Å². The molecule has 0 unspecified atom stereocenters. The van der Waals surface area contributed by atoms with E-state index in [9.17, 15) is 5.11 Å². The Morgan fingerprint density at radius 1 is 1.27 bits per heavy atom. The first-order valence-corrected chi connectivity index (χ1v) is 7.03. The van der Waals surface area contributed by atoms with Gasteiger partial charge < -0.3 is 15.4 Å². The molecule has 0 saturated carbocycles. The highest BCUT2D eigenvalue weighted by Crippen LogP contribution is 2.40. The molecule has 3 N–H and O–H groups in total. The highest BCUT2D eigenvalue weighted by atomic mass is 16.3. The number of benzene rings is 1. The molecule has 2 heterocycles. The van der Waals surface area contributed by atoms with Gasteiger partial charge in [-0.15, -0.1) is 0 Å². The first kappa shape index (κ1) is 12.8. The van der Waals surface area contributed by atoms with E-state index >= 15 is 0 Å². The van der Waals surface area contributed by atoms with E-state index in [1.807, 2.05) is 36.7 Å². The van der Waals surface area contributed by atoms with Gasteiger partial charge in [0.15, 0.2) is 6.19 Å². The summed E-state index contributed by atoms with van der Waals surface area (Å²) >= 11 is 0. The minimum Gasteiger partial charge on any atom is -0.388 e. The lowest BCUT2D eigenvalue weighted by atomic mass is 10.0. The summed E-state index contributed by atoms with van der Waals surface area (Å²) in [7, 11) is 0. The molecule has 0 aliphatic heterocycles. The SMILES string of the molecule is N#CN[C@H]1C[C@H](O)c2ccc(-c3ncnc4[nH]ccc34)cc21. The molecule has 22 heavy (non-hydrogen) atoms. The Bertz CT molecular complexity index is 895. The largest absolute Gasteiger partial charge is 0.388 e. The molecule has 2 atom stereocenters. The fourth-order valence-corrected chi connectivity index (χ4v) is 3.12. The monoisotopic (exact) mass is 291 g/mol. The summed E-state index contributed by atoms with van der Waals surface area (Å²) in [5.41, 5.74) is 4.40. The highest BCUT2D eigenvalue weighted by molar-refractivity contribution is 5.90. The minimum absolute atomic E-state index is 0.154. The zero-order valence-corrected chi connectivity index (χ0v) is 11.6. The molecule has 1 aliphatic rings. The van der Waals surface area contributed by atoms with Gasteiger partial charge in [-0.1, -0.05) is 12.1 Å². The van der Waals surface area contributed by atoms with Crippen molar-refractivity contribution in [1.82, 2.24) is 20.3 Å². The third-order valence-corrected chi connectivity index (χ3v) is 4.15. The average molecular weight is 291 g/mol. The van der Waals surface area contributed by atoms with Gasteiger partial charge in [0.25, 0.3) is 0 Å². The van der Waals surface area contributed by atoms with Crippen LogP contribution in [0.5, 0.6) is 0 Å². The predicted octanol–water partition coefficient (Wildman–Crippen LogP) is 2.17. The first-order chi connectivity index (χ1) is 10.8. The first-order valence-electron chi connectivity index (χ1n) is 7.03. The molecule has 0 fully saturated rings. The van der Waals surface area contributed by atoms with Crippen LogP contribution in [-0.4, -0.2) is 20.1 Å². The molecule has 6 heteroatoms. The molecule has 3 aromatic rings. The van der Waals surface area contributed by atoms with Gasteiger partial charge in [0.1, 0.15) is 12.0 Å². The molecule has 0 radical (unpaired) electrons. The molecule has 108 valence electrons. The van der Waals surface area contributed by atoms with Gasteiger partial charge in [0, 0.05) is 23.6 Å². The van der Waals surface area contributed by atoms with E-state index in [-0.39, 0.29) is 6.04 Å². The molecule has 2 aromatic heterocycles. The van der Waals surface area contributed by atoms with Gasteiger partial charge in [-0.25, -0.2) is 9.97 Å². The fourth-order valence-electron chi connectivity index (χ4n) is 3.12. The maximum atomic E-state index is 10.1. The van der Waals surface area contributed by atoms with Crippen molar-refractivity contribution in [1.29, 1.82) is 5.26 Å². The highest BCUT2D eigenvalue weighted by Gasteiger charge is 2.30. The van der Waals surface area contributed by atoms with Crippen LogP contribution in [0.2, 0.25) is 0 Å². The van der Waals surface area contributed by atoms with Crippen molar-refractivity contribution >= 4 is 11.0 Å². The smallest absolute Gasteiger partial charge is 0.177 e. The quantitative estimate of drug-likeness (QED) is 0.496. The van der Waals surface area contributed by atoms with E-state index in [1.165, 1.54) is 6.33 Å². The van der Waals surface area contributed by atoms with E-state index in [2.05, 4.69) is 20.3 Å². The van der Waals surface area contributed by atoms with E-state index in [0.717, 1.165) is 33.4 Å². The number of rotatable bonds is 2. The van der Waals surface area contributed by atoms with Crippen molar-refractivity contribution in [3.05, 3.63) is 47.9 Å². The number of hydrogen-bond acceptors (Lipinski definition) is 5. The van der Waals surface area contributed by atoms with Crippen LogP contribution >= 0.6 is 0 Å². The standard InChI is InChI=1S/C16H13N5O/c17-7-19-13-6-14(22)10-2-1-9(5-12(10)13)15-11-3-4-18-16(11)21-8-20-15/h1-5,8,13-14,19,22H,6H2,(H,18,20,21)/t13-,14-/m0/s1. The number of aromatic amines is 1. The van der Waals surface area contributed by atoms with Crippen LogP contribution in [-0.2, 0) is 0 Å². The van der Waals surface area contributed by atoms with Crippen LogP contribution in [0.3, 0.4) is 0 Å². The summed E-state index contributed by atoms with van der Waals surface area (Å²) in [6.45, 7) is 0. The zero-order valence-electron chi connectivity index (χ0n) is 11.6. The van der Waals surface area contributed by atoms with Gasteiger partial charge >= 0.3 is 0 Å². The Hall–Kier alpha value is -2.91. The Balaban J connectivity index is 1.87. The summed E-state index contributed by atoms with van der Waals surface area (Å²) in [6, 6.07) is 7.65. The predicted molar refractivity (Wildman–Crippen MR) is 80.4 cm³/mol. The van der Waals surface area contributed by atoms with Gasteiger partial charge in [-0.3, -0.25) is 0 Å². The molecular formula is C16H13N5O. The normalized spacial score (nSPS) is 19.8. The number of nitrogens with zero attached hydrogens (tertiary/aromatic N) is 3. The Kier molecular flexibility index (Phi) is 2.81. The maximum absolute atomic E-state index is 10.1. The van der Waals surface area contributed by atoms with Crippen molar-refractivity contribution in [2.24, 2.45) is 0 Å². The van der Waals surface area contributed by atoms with Gasteiger partial charge in [-0.2, -0.15) is 5.26 Å². The summed E-state index contributed by atoms with van der Waals surface area (Å²) in [6.07, 6.45) is 5.30. The van der Waals surface area contributed by atoms with Gasteiger partial charge in [0.2, 0.25) is 0 Å². The van der Waals surface area contributed by atoms with Crippen LogP contribution in [0.15, 0.2) is 36.8 Å². The van der Waals surface area contributed by atoms with Crippen molar-refractivity contribution < 1.29 is 5.11 Å². The second-order valence-corrected chi connectivity index (χ2v) is 5.37. The molecule has 6 nitrogen and oxygen atoms in total. The second-order valence-electron chi connectivity index (χ2n) is 5.37. The van der Waals surface area contributed by atoms with E-state index in [1.54, 1.807) is 0 Å². The third-order valence-electron chi connectivity index (χ3n) is 4.15. The Labute approximate surface area is 126 Å². The molecule has 1 aromatic carbocycles. The van der Waals surface area contributed by atoms with Crippen LogP contribution in [0.4, 0.5) is 0 Å². The molecule has 0 saturated heterocycles. The number of nitrogens with one attached hydrogen (secondary N) is 2. The van der Waals surface area contributed by atoms with Crippen LogP contribution in [0.1, 0.15) is 29.7 Å². The summed E-state index contributed by atoms with van der Waals surface area (Å²) in [5.74, 6) is 0. The fraction of sp³-hybridized carbons (Fsp3) is 0.188. The molecular weight excluding hydrogens is 278 g/mol. The van der Waals surface area contributed by atoms with E-state index in [4.69, 9.17) is 5.26 Å². The van der Waals surface area contributed by atoms with Crippen LogP contribution in [0.25, 0.3) is 22.3 Å². The van der Waals surface area contributed by atoms with Crippen LogP contribution in [0, 0.1) is 11.5 Å². The topological polar surface area (TPSA) is 97.6 Å². The molecule has 0 amide bonds. The van der Waals surface area contributed by atoms with Crippen molar-refractivity contribution in [3.63, 3.8) is 0 Å². The number of hydrogen-bond donors (Lipinski definition) is 3. The minimum atomic E-state index is -0.535. The lowest BCUT2D eigenvalue weighted by molar-refractivity contribution is 0.171. The molecule has 0 bridgehead atoms. The second kappa shape index (κ2) is 4.83. The third kappa shape index (κ3) is 1.84. The van der Waals surface area contributed by atoms with E-state index < -0.39 is 6.10 Å². The van der Waals surface area contributed by atoms with Crippen molar-refractivity contribution in [2.75, 3.05) is 0 Å². The van der Waals surface area contributed by atoms with Crippen molar-refractivity contribution in [2.45, 2.75) is 18.6 Å². The summed E-state index contributed by atoms with van der Waals surface area (Å²) in [5, 5.41) is 22.7. The number of fused-ring (bicyclic) bond motifs is 2. The summed E-state index contributed by atoms with van der Waals surface area (Å²) in [4.78, 5) is 11.7. The molecule has 1 aliphatic carbocycles. The van der Waals surface area contributed by atoms with Gasteiger partial charge in [-0.05, 0) is 23.3 Å². The zero-order chi connectivity index (χ0) is 15.1. The lowest BCUT2D eigenvalue weighted by Crippen LogP contribution is -2.12. The number of aliphatic hydroxyl groups excluding tert-OH is 1. The van der Waals surface area contributed by atoms with E-state index in [0.29, 0.717) is 6.42 Å². The average Bonchev–Trinajstić information content (AvgIpc) is 3.12. The molecule has 0 spiro atoms. The number of aliphatic hydroxyl groups is 1. The number of H-pyrrole nitrogens is 1. The summed E-state index contributed by atoms with van der Waals surface area (Å²) < 4.78 is 0.